The molecule has 1 N–H and O–H groups in total. The first kappa shape index (κ1) is 11.0. The lowest BCUT2D eigenvalue weighted by molar-refractivity contribution is 0.411. The summed E-state index contributed by atoms with van der Waals surface area (Å²) < 4.78 is 1.32. The number of rotatable bonds is 2. The van der Waals surface area contributed by atoms with Crippen LogP contribution < -0.4 is 0 Å². The van der Waals surface area contributed by atoms with Gasteiger partial charge in [-0.05, 0) is 24.0 Å². The lowest BCUT2D eigenvalue weighted by Crippen LogP contribution is -1.93. The van der Waals surface area contributed by atoms with Crippen molar-refractivity contribution >= 4 is 17.4 Å². The van der Waals surface area contributed by atoms with Gasteiger partial charge in [-0.1, -0.05) is 12.1 Å². The number of nitrogens with zero attached hydrogens (tertiary/aromatic N) is 4. The maximum absolute atomic E-state index is 9.58. The van der Waals surface area contributed by atoms with Crippen LogP contribution in [0.3, 0.4) is 0 Å². The molecule has 0 saturated carbocycles. The van der Waals surface area contributed by atoms with Crippen LogP contribution in [0, 0.1) is 0 Å². The van der Waals surface area contributed by atoms with Crippen LogP contribution in [0.1, 0.15) is 0 Å². The van der Waals surface area contributed by atoms with Gasteiger partial charge in [0.15, 0.2) is 5.65 Å². The minimum atomic E-state index is -0.160. The Hall–Kier alpha value is -2.08. The van der Waals surface area contributed by atoms with Crippen molar-refractivity contribution in [2.75, 3.05) is 6.26 Å². The Morgan fingerprint density at radius 1 is 1.28 bits per heavy atom. The van der Waals surface area contributed by atoms with Crippen LogP contribution in [0.5, 0.6) is 6.01 Å². The average molecular weight is 258 g/mol. The summed E-state index contributed by atoms with van der Waals surface area (Å²) in [6, 6.07) is 7.95. The largest absolute Gasteiger partial charge is 0.479 e. The summed E-state index contributed by atoms with van der Waals surface area (Å²) in [6.45, 7) is 0. The molecule has 5 nitrogen and oxygen atoms in total. The third-order valence-corrected chi connectivity index (χ3v) is 3.39. The van der Waals surface area contributed by atoms with E-state index in [4.69, 9.17) is 0 Å². The minimum Gasteiger partial charge on any atom is -0.479 e. The molecule has 2 aromatic heterocycles. The Labute approximate surface area is 108 Å². The number of benzene rings is 1. The highest BCUT2D eigenvalue weighted by molar-refractivity contribution is 7.98. The summed E-state index contributed by atoms with van der Waals surface area (Å²) >= 11 is 1.68. The summed E-state index contributed by atoms with van der Waals surface area (Å²) in [4.78, 5) is 9.02. The highest BCUT2D eigenvalue weighted by Crippen LogP contribution is 2.27. The molecule has 3 rings (SSSR count). The molecule has 0 fully saturated rings. The molecular weight excluding hydrogens is 248 g/mol. The van der Waals surface area contributed by atoms with Crippen molar-refractivity contribution in [2.45, 2.75) is 4.90 Å². The molecule has 0 unspecified atom stereocenters. The van der Waals surface area contributed by atoms with E-state index in [9.17, 15) is 5.11 Å². The number of aromatic hydroxyl groups is 1. The van der Waals surface area contributed by atoms with Crippen LogP contribution in [0.4, 0.5) is 0 Å². The number of aromatic nitrogens is 4. The second-order valence-corrected chi connectivity index (χ2v) is 4.58. The molecule has 0 aliphatic carbocycles. The van der Waals surface area contributed by atoms with Gasteiger partial charge in [-0.15, -0.1) is 11.8 Å². The first-order chi connectivity index (χ1) is 8.79. The standard InChI is InChI=1S/C12H10N4OS/c1-18-9-4-2-3-8(5-9)10-6-15-16-11(10)13-7-14-12(16)17/h2-7H,1H3,(H,13,14,17). The number of fused-ring (bicyclic) bond motifs is 1. The molecule has 0 amide bonds. The van der Waals surface area contributed by atoms with Gasteiger partial charge in [-0.2, -0.15) is 14.6 Å². The van der Waals surface area contributed by atoms with Gasteiger partial charge in [-0.3, -0.25) is 0 Å². The van der Waals surface area contributed by atoms with Gasteiger partial charge in [0.2, 0.25) is 0 Å². The van der Waals surface area contributed by atoms with Crippen molar-refractivity contribution in [2.24, 2.45) is 0 Å². The second-order valence-electron chi connectivity index (χ2n) is 3.70. The second kappa shape index (κ2) is 4.30. The molecule has 0 atom stereocenters. The summed E-state index contributed by atoms with van der Waals surface area (Å²) in [5.41, 5.74) is 2.50. The molecule has 0 aliphatic heterocycles. The fourth-order valence-corrected chi connectivity index (χ4v) is 2.26. The van der Waals surface area contributed by atoms with Crippen molar-refractivity contribution in [3.8, 4) is 17.1 Å². The fourth-order valence-electron chi connectivity index (χ4n) is 1.80. The molecule has 18 heavy (non-hydrogen) atoms. The van der Waals surface area contributed by atoms with Gasteiger partial charge >= 0.3 is 6.01 Å². The predicted molar refractivity (Wildman–Crippen MR) is 69.7 cm³/mol. The zero-order valence-corrected chi connectivity index (χ0v) is 10.4. The van der Waals surface area contributed by atoms with Gasteiger partial charge in [0.25, 0.3) is 0 Å². The highest BCUT2D eigenvalue weighted by atomic mass is 32.2. The number of thioether (sulfide) groups is 1. The van der Waals surface area contributed by atoms with Crippen LogP contribution in [-0.2, 0) is 0 Å². The Kier molecular flexibility index (Phi) is 2.64. The molecule has 0 bridgehead atoms. The van der Waals surface area contributed by atoms with Crippen LogP contribution in [0.25, 0.3) is 16.8 Å². The van der Waals surface area contributed by atoms with E-state index in [1.54, 1.807) is 18.0 Å². The van der Waals surface area contributed by atoms with E-state index in [-0.39, 0.29) is 6.01 Å². The maximum Gasteiger partial charge on any atom is 0.318 e. The van der Waals surface area contributed by atoms with E-state index < -0.39 is 0 Å². The lowest BCUT2D eigenvalue weighted by Gasteiger charge is -2.01. The van der Waals surface area contributed by atoms with Gasteiger partial charge in [0.05, 0.1) is 6.20 Å². The summed E-state index contributed by atoms with van der Waals surface area (Å²) in [6.07, 6.45) is 5.04. The number of hydrogen-bond acceptors (Lipinski definition) is 5. The Morgan fingerprint density at radius 2 is 2.17 bits per heavy atom. The molecule has 6 heteroatoms. The van der Waals surface area contributed by atoms with Gasteiger partial charge in [0.1, 0.15) is 6.33 Å². The van der Waals surface area contributed by atoms with Gasteiger partial charge in [0, 0.05) is 10.5 Å². The van der Waals surface area contributed by atoms with Crippen molar-refractivity contribution < 1.29 is 5.11 Å². The Bertz CT molecular complexity index is 710. The Morgan fingerprint density at radius 3 is 3.00 bits per heavy atom. The third kappa shape index (κ3) is 1.70. The summed E-state index contributed by atoms with van der Waals surface area (Å²) in [5.74, 6) is 0. The van der Waals surface area contributed by atoms with Crippen molar-refractivity contribution in [1.29, 1.82) is 0 Å². The topological polar surface area (TPSA) is 63.3 Å². The lowest BCUT2D eigenvalue weighted by atomic mass is 10.1. The van der Waals surface area contributed by atoms with E-state index in [1.807, 2.05) is 24.5 Å². The molecule has 0 radical (unpaired) electrons. The van der Waals surface area contributed by atoms with Crippen LogP contribution in [0.2, 0.25) is 0 Å². The molecule has 0 saturated heterocycles. The van der Waals surface area contributed by atoms with Crippen LogP contribution in [-0.4, -0.2) is 30.9 Å². The minimum absolute atomic E-state index is 0.160. The molecule has 90 valence electrons. The first-order valence-corrected chi connectivity index (χ1v) is 6.54. The van der Waals surface area contributed by atoms with E-state index in [0.717, 1.165) is 11.1 Å². The summed E-state index contributed by atoms with van der Waals surface area (Å²) in [7, 11) is 0. The first-order valence-electron chi connectivity index (χ1n) is 5.32. The zero-order valence-electron chi connectivity index (χ0n) is 9.61. The smallest absolute Gasteiger partial charge is 0.318 e. The van der Waals surface area contributed by atoms with Crippen molar-refractivity contribution in [3.63, 3.8) is 0 Å². The normalized spacial score (nSPS) is 10.9. The number of hydrogen-bond donors (Lipinski definition) is 1. The van der Waals surface area contributed by atoms with Crippen LogP contribution >= 0.6 is 11.8 Å². The molecule has 2 heterocycles. The quantitative estimate of drug-likeness (QED) is 0.714. The molecule has 0 aliphatic rings. The SMILES string of the molecule is CSc1cccc(-c2cnn3c(O)ncnc23)c1. The maximum atomic E-state index is 9.58. The van der Waals surface area contributed by atoms with E-state index in [0.29, 0.717) is 5.65 Å². The highest BCUT2D eigenvalue weighted by Gasteiger charge is 2.10. The Balaban J connectivity index is 2.22. The van der Waals surface area contributed by atoms with Crippen LogP contribution in [0.15, 0.2) is 41.7 Å². The van der Waals surface area contributed by atoms with E-state index in [2.05, 4.69) is 21.1 Å². The zero-order chi connectivity index (χ0) is 12.5. The monoisotopic (exact) mass is 258 g/mol. The summed E-state index contributed by atoms with van der Waals surface area (Å²) in [5, 5.41) is 13.7. The van der Waals surface area contributed by atoms with Crippen molar-refractivity contribution in [1.82, 2.24) is 19.6 Å². The molecule has 3 aromatic rings. The van der Waals surface area contributed by atoms with Gasteiger partial charge < -0.3 is 5.11 Å². The van der Waals surface area contributed by atoms with Crippen molar-refractivity contribution in [3.05, 3.63) is 36.8 Å². The molecule has 1 aromatic carbocycles. The molecular formula is C12H10N4OS. The van der Waals surface area contributed by atoms with E-state index in [1.165, 1.54) is 15.7 Å². The third-order valence-electron chi connectivity index (χ3n) is 2.67. The van der Waals surface area contributed by atoms with E-state index >= 15 is 0 Å². The predicted octanol–water partition coefficient (Wildman–Crippen LogP) is 2.22. The average Bonchev–Trinajstić information content (AvgIpc) is 2.84. The fraction of sp³-hybridized carbons (Fsp3) is 0.0833. The van der Waals surface area contributed by atoms with Gasteiger partial charge in [-0.25, -0.2) is 4.98 Å². The molecule has 0 spiro atoms.